The monoisotopic (exact) mass is 352 g/mol. The average Bonchev–Trinajstić information content (AvgIpc) is 2.61. The SMILES string of the molecule is N#C/C(C(=O)OCc1cccc(N)c1)=C1/Nc2ccccc2N=C1Cl. The summed E-state index contributed by atoms with van der Waals surface area (Å²) in [6.45, 7) is -0.00627. The van der Waals surface area contributed by atoms with Crippen molar-refractivity contribution in [2.45, 2.75) is 6.61 Å². The second-order valence-electron chi connectivity index (χ2n) is 5.23. The van der Waals surface area contributed by atoms with Crippen LogP contribution in [-0.4, -0.2) is 11.1 Å². The second kappa shape index (κ2) is 7.07. The van der Waals surface area contributed by atoms with E-state index in [2.05, 4.69) is 10.3 Å². The molecule has 0 radical (unpaired) electrons. The van der Waals surface area contributed by atoms with E-state index < -0.39 is 5.97 Å². The molecular weight excluding hydrogens is 340 g/mol. The van der Waals surface area contributed by atoms with E-state index in [-0.39, 0.29) is 23.0 Å². The van der Waals surface area contributed by atoms with E-state index in [1.165, 1.54) is 0 Å². The Bertz CT molecular complexity index is 944. The third-order valence-corrected chi connectivity index (χ3v) is 3.75. The van der Waals surface area contributed by atoms with Crippen molar-refractivity contribution < 1.29 is 9.53 Å². The van der Waals surface area contributed by atoms with Crippen LogP contribution in [-0.2, 0) is 16.1 Å². The van der Waals surface area contributed by atoms with E-state index in [4.69, 9.17) is 22.1 Å². The zero-order valence-corrected chi connectivity index (χ0v) is 13.7. The number of anilines is 2. The maximum Gasteiger partial charge on any atom is 0.351 e. The Hall–Kier alpha value is -3.30. The number of halogens is 1. The van der Waals surface area contributed by atoms with Crippen molar-refractivity contribution in [3.05, 3.63) is 65.4 Å². The van der Waals surface area contributed by atoms with Crippen molar-refractivity contribution in [2.75, 3.05) is 11.1 Å². The topological polar surface area (TPSA) is 100 Å². The van der Waals surface area contributed by atoms with Crippen LogP contribution in [0, 0.1) is 11.3 Å². The number of ether oxygens (including phenoxy) is 1. The van der Waals surface area contributed by atoms with E-state index in [0.29, 0.717) is 17.1 Å². The maximum atomic E-state index is 12.3. The van der Waals surface area contributed by atoms with Gasteiger partial charge in [-0.15, -0.1) is 0 Å². The Kier molecular flexibility index (Phi) is 4.68. The number of carbonyl (C=O) groups is 1. The fourth-order valence-electron chi connectivity index (χ4n) is 2.30. The van der Waals surface area contributed by atoms with Gasteiger partial charge in [0.25, 0.3) is 0 Å². The quantitative estimate of drug-likeness (QED) is 0.381. The number of nitrogen functional groups attached to an aromatic ring is 1. The summed E-state index contributed by atoms with van der Waals surface area (Å²) >= 11 is 6.12. The highest BCUT2D eigenvalue weighted by atomic mass is 35.5. The number of carbonyl (C=O) groups excluding carboxylic acids is 1. The molecule has 2 aromatic carbocycles. The molecule has 0 spiro atoms. The number of allylic oxidation sites excluding steroid dienone is 1. The van der Waals surface area contributed by atoms with Gasteiger partial charge in [0.05, 0.1) is 11.4 Å². The number of benzene rings is 2. The van der Waals surface area contributed by atoms with Gasteiger partial charge < -0.3 is 15.8 Å². The molecule has 0 fully saturated rings. The standard InChI is InChI=1S/C18H13ClN4O2/c19-17-16(22-14-6-1-2-7-15(14)23-17)13(9-20)18(24)25-10-11-4-3-5-12(21)8-11/h1-8,22H,10,21H2/b16-13-. The van der Waals surface area contributed by atoms with E-state index in [1.54, 1.807) is 36.4 Å². The minimum absolute atomic E-state index is 0.00627. The normalized spacial score (nSPS) is 14.5. The van der Waals surface area contributed by atoms with Crippen molar-refractivity contribution in [1.82, 2.24) is 0 Å². The molecule has 1 aliphatic heterocycles. The first-order chi connectivity index (χ1) is 12.1. The van der Waals surface area contributed by atoms with E-state index in [1.807, 2.05) is 18.2 Å². The molecule has 0 aromatic heterocycles. The number of hydrogen-bond acceptors (Lipinski definition) is 6. The Balaban J connectivity index is 1.83. The Morgan fingerprint density at radius 2 is 2.08 bits per heavy atom. The molecule has 3 rings (SSSR count). The van der Waals surface area contributed by atoms with Crippen molar-refractivity contribution in [3.63, 3.8) is 0 Å². The summed E-state index contributed by atoms with van der Waals surface area (Å²) in [6.07, 6.45) is 0. The lowest BCUT2D eigenvalue weighted by molar-refractivity contribution is -0.139. The second-order valence-corrected chi connectivity index (χ2v) is 5.59. The molecule has 0 amide bonds. The summed E-state index contributed by atoms with van der Waals surface area (Å²) in [5.74, 6) is -0.792. The molecule has 25 heavy (non-hydrogen) atoms. The molecule has 0 saturated heterocycles. The molecule has 6 nitrogen and oxygen atoms in total. The van der Waals surface area contributed by atoms with Crippen molar-refractivity contribution in [1.29, 1.82) is 5.26 Å². The van der Waals surface area contributed by atoms with Gasteiger partial charge in [-0.05, 0) is 29.8 Å². The molecule has 1 aliphatic rings. The zero-order valence-electron chi connectivity index (χ0n) is 13.0. The lowest BCUT2D eigenvalue weighted by Crippen LogP contribution is -2.18. The number of para-hydroxylation sites is 2. The smallest absolute Gasteiger partial charge is 0.351 e. The van der Waals surface area contributed by atoms with Crippen LogP contribution in [0.2, 0.25) is 0 Å². The van der Waals surface area contributed by atoms with Crippen molar-refractivity contribution in [2.24, 2.45) is 4.99 Å². The molecular formula is C18H13ClN4O2. The van der Waals surface area contributed by atoms with Crippen molar-refractivity contribution in [3.8, 4) is 6.07 Å². The first kappa shape index (κ1) is 16.6. The van der Waals surface area contributed by atoms with Gasteiger partial charge in [0.1, 0.15) is 18.4 Å². The summed E-state index contributed by atoms with van der Waals surface area (Å²) < 4.78 is 5.20. The van der Waals surface area contributed by atoms with Crippen LogP contribution in [0.4, 0.5) is 17.1 Å². The number of aliphatic imine (C=N–C) groups is 1. The highest BCUT2D eigenvalue weighted by molar-refractivity contribution is 6.70. The van der Waals surface area contributed by atoms with Gasteiger partial charge in [0.15, 0.2) is 10.7 Å². The molecule has 0 aliphatic carbocycles. The first-order valence-electron chi connectivity index (χ1n) is 7.35. The number of rotatable bonds is 3. The summed E-state index contributed by atoms with van der Waals surface area (Å²) in [5.41, 5.74) is 8.13. The predicted molar refractivity (Wildman–Crippen MR) is 96.3 cm³/mol. The lowest BCUT2D eigenvalue weighted by Gasteiger charge is -2.18. The maximum absolute atomic E-state index is 12.3. The molecule has 0 atom stereocenters. The van der Waals surface area contributed by atoms with Gasteiger partial charge in [-0.25, -0.2) is 9.79 Å². The largest absolute Gasteiger partial charge is 0.457 e. The number of nitrogens with one attached hydrogen (secondary N) is 1. The van der Waals surface area contributed by atoms with Gasteiger partial charge >= 0.3 is 5.97 Å². The Morgan fingerprint density at radius 3 is 2.84 bits per heavy atom. The fraction of sp³-hybridized carbons (Fsp3) is 0.0556. The van der Waals surface area contributed by atoms with E-state index in [0.717, 1.165) is 5.56 Å². The van der Waals surface area contributed by atoms with Crippen LogP contribution in [0.5, 0.6) is 0 Å². The molecule has 0 bridgehead atoms. The first-order valence-corrected chi connectivity index (χ1v) is 7.73. The molecule has 7 heteroatoms. The minimum atomic E-state index is -0.792. The fourth-order valence-corrected chi connectivity index (χ4v) is 2.53. The van der Waals surface area contributed by atoms with E-state index in [9.17, 15) is 10.1 Å². The van der Waals surface area contributed by atoms with E-state index >= 15 is 0 Å². The molecule has 0 saturated carbocycles. The predicted octanol–water partition coefficient (Wildman–Crippen LogP) is 3.48. The van der Waals surface area contributed by atoms with Crippen molar-refractivity contribution >= 4 is 39.8 Å². The number of esters is 1. The summed E-state index contributed by atoms with van der Waals surface area (Å²) in [5, 5.41) is 12.4. The van der Waals surface area contributed by atoms with Crippen LogP contribution in [0.25, 0.3) is 0 Å². The van der Waals surface area contributed by atoms with Crippen LogP contribution in [0.1, 0.15) is 5.56 Å². The van der Waals surface area contributed by atoms with Crippen LogP contribution in [0.15, 0.2) is 64.8 Å². The third kappa shape index (κ3) is 3.62. The zero-order chi connectivity index (χ0) is 17.8. The highest BCUT2D eigenvalue weighted by Gasteiger charge is 2.24. The van der Waals surface area contributed by atoms with Gasteiger partial charge in [0.2, 0.25) is 0 Å². The summed E-state index contributed by atoms with van der Waals surface area (Å²) in [4.78, 5) is 16.5. The third-order valence-electron chi connectivity index (χ3n) is 3.48. The van der Waals surface area contributed by atoms with Gasteiger partial charge in [-0.2, -0.15) is 5.26 Å². The lowest BCUT2D eigenvalue weighted by atomic mass is 10.1. The van der Waals surface area contributed by atoms with Gasteiger partial charge in [-0.1, -0.05) is 35.9 Å². The molecule has 1 heterocycles. The van der Waals surface area contributed by atoms with Gasteiger partial charge in [0, 0.05) is 5.69 Å². The number of nitrogens with zero attached hydrogens (tertiary/aromatic N) is 2. The summed E-state index contributed by atoms with van der Waals surface area (Å²) in [6, 6.07) is 15.9. The Morgan fingerprint density at radius 1 is 1.28 bits per heavy atom. The van der Waals surface area contributed by atoms with Crippen LogP contribution >= 0.6 is 11.6 Å². The van der Waals surface area contributed by atoms with Crippen LogP contribution in [0.3, 0.4) is 0 Å². The number of nitriles is 1. The molecule has 124 valence electrons. The molecule has 2 aromatic rings. The average molecular weight is 353 g/mol. The number of nitrogens with two attached hydrogens (primary N) is 1. The summed E-state index contributed by atoms with van der Waals surface area (Å²) in [7, 11) is 0. The molecule has 0 unspecified atom stereocenters. The minimum Gasteiger partial charge on any atom is -0.457 e. The molecule has 3 N–H and O–H groups in total. The van der Waals surface area contributed by atoms with Crippen LogP contribution < -0.4 is 11.1 Å². The number of hydrogen-bond donors (Lipinski definition) is 2. The Labute approximate surface area is 149 Å². The number of fused-ring (bicyclic) bond motifs is 1. The van der Waals surface area contributed by atoms with Gasteiger partial charge in [-0.3, -0.25) is 0 Å². The highest BCUT2D eigenvalue weighted by Crippen LogP contribution is 2.32.